The minimum absolute atomic E-state index is 0.0677. The van der Waals surface area contributed by atoms with Crippen LogP contribution in [-0.2, 0) is 12.6 Å². The van der Waals surface area contributed by atoms with Crippen LogP contribution in [0.25, 0.3) is 5.69 Å². The standard InChI is InChI=1S/C23H22F5N5O/c1-14-3-2-12-32(19(14)9-6-16-5-4-15(13-29-16)23(26,27)28)22(34)17-7-8-18(24)20(25)21(17)33-30-10-11-31-33/h4-5,7-8,10-11,13-14,19H,2-3,6,9,12H2,1H3/t14-,19-/m1/s1. The maximum absolute atomic E-state index is 14.7. The molecule has 1 saturated heterocycles. The first-order valence-corrected chi connectivity index (χ1v) is 10.8. The van der Waals surface area contributed by atoms with Gasteiger partial charge in [-0.25, -0.2) is 8.78 Å². The highest BCUT2D eigenvalue weighted by molar-refractivity contribution is 5.98. The Balaban J connectivity index is 1.58. The van der Waals surface area contributed by atoms with Crippen molar-refractivity contribution >= 4 is 5.91 Å². The molecule has 34 heavy (non-hydrogen) atoms. The maximum atomic E-state index is 14.7. The largest absolute Gasteiger partial charge is 0.417 e. The van der Waals surface area contributed by atoms with E-state index in [0.717, 1.165) is 36.0 Å². The van der Waals surface area contributed by atoms with Gasteiger partial charge < -0.3 is 4.90 Å². The number of pyridine rings is 1. The third kappa shape index (κ3) is 4.78. The number of aromatic nitrogens is 4. The SMILES string of the molecule is C[C@@H]1CCCN(C(=O)c2ccc(F)c(F)c2-n2nccn2)[C@@H]1CCc1ccc(C(F)(F)F)cn1. The van der Waals surface area contributed by atoms with Crippen molar-refractivity contribution in [3.05, 3.63) is 71.3 Å². The summed E-state index contributed by atoms with van der Waals surface area (Å²) < 4.78 is 67.0. The summed E-state index contributed by atoms with van der Waals surface area (Å²) >= 11 is 0. The molecule has 6 nitrogen and oxygen atoms in total. The fraction of sp³-hybridized carbons (Fsp3) is 0.391. The lowest BCUT2D eigenvalue weighted by Gasteiger charge is -2.40. The molecule has 4 rings (SSSR count). The molecule has 180 valence electrons. The highest BCUT2D eigenvalue weighted by Crippen LogP contribution is 2.31. The van der Waals surface area contributed by atoms with Gasteiger partial charge in [-0.2, -0.15) is 23.4 Å². The zero-order chi connectivity index (χ0) is 24.5. The number of piperidine rings is 1. The smallest absolute Gasteiger partial charge is 0.335 e. The van der Waals surface area contributed by atoms with E-state index >= 15 is 0 Å². The minimum Gasteiger partial charge on any atom is -0.335 e. The Morgan fingerprint density at radius 3 is 2.50 bits per heavy atom. The molecule has 11 heteroatoms. The molecular formula is C23H22F5N5O. The van der Waals surface area contributed by atoms with E-state index in [9.17, 15) is 26.7 Å². The second-order valence-electron chi connectivity index (χ2n) is 8.34. The molecule has 0 N–H and O–H groups in total. The summed E-state index contributed by atoms with van der Waals surface area (Å²) in [6.45, 7) is 2.41. The average Bonchev–Trinajstić information content (AvgIpc) is 3.33. The van der Waals surface area contributed by atoms with Gasteiger partial charge in [-0.05, 0) is 55.9 Å². The molecule has 0 radical (unpaired) electrons. The van der Waals surface area contributed by atoms with Crippen molar-refractivity contribution in [3.8, 4) is 5.69 Å². The zero-order valence-electron chi connectivity index (χ0n) is 18.3. The van der Waals surface area contributed by atoms with Gasteiger partial charge in [0, 0.05) is 24.5 Å². The predicted molar refractivity (Wildman–Crippen MR) is 112 cm³/mol. The van der Waals surface area contributed by atoms with Crippen LogP contribution < -0.4 is 0 Å². The lowest BCUT2D eigenvalue weighted by atomic mass is 9.86. The highest BCUT2D eigenvalue weighted by atomic mass is 19.4. The monoisotopic (exact) mass is 479 g/mol. The number of hydrogen-bond donors (Lipinski definition) is 0. The maximum Gasteiger partial charge on any atom is 0.417 e. The molecular weight excluding hydrogens is 457 g/mol. The summed E-state index contributed by atoms with van der Waals surface area (Å²) in [5, 5.41) is 7.70. The summed E-state index contributed by atoms with van der Waals surface area (Å²) in [6, 6.07) is 4.17. The molecule has 0 spiro atoms. The van der Waals surface area contributed by atoms with E-state index in [-0.39, 0.29) is 23.2 Å². The van der Waals surface area contributed by atoms with Gasteiger partial charge in [-0.3, -0.25) is 9.78 Å². The number of rotatable bonds is 5. The van der Waals surface area contributed by atoms with Crippen LogP contribution in [0.5, 0.6) is 0 Å². The van der Waals surface area contributed by atoms with Crippen LogP contribution in [0.1, 0.15) is 47.8 Å². The molecule has 3 aromatic rings. The van der Waals surface area contributed by atoms with Crippen LogP contribution in [0, 0.1) is 17.6 Å². The summed E-state index contributed by atoms with van der Waals surface area (Å²) in [5.41, 5.74) is -0.775. The molecule has 1 aromatic carbocycles. The minimum atomic E-state index is -4.46. The second kappa shape index (κ2) is 9.47. The molecule has 1 aliphatic rings. The number of aryl methyl sites for hydroxylation is 1. The summed E-state index contributed by atoms with van der Waals surface area (Å²) in [5.74, 6) is -2.73. The van der Waals surface area contributed by atoms with Crippen LogP contribution in [-0.4, -0.2) is 43.4 Å². The molecule has 0 bridgehead atoms. The van der Waals surface area contributed by atoms with Crippen molar-refractivity contribution in [3.63, 3.8) is 0 Å². The van der Waals surface area contributed by atoms with Gasteiger partial charge in [-0.15, -0.1) is 4.80 Å². The molecule has 0 aliphatic carbocycles. The van der Waals surface area contributed by atoms with E-state index in [2.05, 4.69) is 15.2 Å². The van der Waals surface area contributed by atoms with Gasteiger partial charge in [0.1, 0.15) is 5.69 Å². The van der Waals surface area contributed by atoms with E-state index < -0.39 is 29.3 Å². The molecule has 1 amide bonds. The lowest BCUT2D eigenvalue weighted by molar-refractivity contribution is -0.137. The van der Waals surface area contributed by atoms with Crippen LogP contribution in [0.2, 0.25) is 0 Å². The molecule has 3 heterocycles. The Labute approximate surface area is 192 Å². The number of halogens is 5. The number of carbonyl (C=O) groups is 1. The summed E-state index contributed by atoms with van der Waals surface area (Å²) in [7, 11) is 0. The third-order valence-corrected chi connectivity index (χ3v) is 6.14. The number of nitrogens with zero attached hydrogens (tertiary/aromatic N) is 5. The highest BCUT2D eigenvalue weighted by Gasteiger charge is 2.35. The Hall–Kier alpha value is -3.37. The van der Waals surface area contributed by atoms with E-state index in [1.54, 1.807) is 4.90 Å². The Bertz CT molecular complexity index is 1150. The fourth-order valence-corrected chi connectivity index (χ4v) is 4.37. The van der Waals surface area contributed by atoms with Crippen LogP contribution in [0.4, 0.5) is 22.0 Å². The Morgan fingerprint density at radius 1 is 1.12 bits per heavy atom. The van der Waals surface area contributed by atoms with Crippen molar-refractivity contribution in [2.24, 2.45) is 5.92 Å². The molecule has 0 unspecified atom stereocenters. The van der Waals surface area contributed by atoms with Crippen molar-refractivity contribution in [2.75, 3.05) is 6.54 Å². The Morgan fingerprint density at radius 2 is 1.85 bits per heavy atom. The molecule has 0 saturated carbocycles. The van der Waals surface area contributed by atoms with Crippen molar-refractivity contribution < 1.29 is 26.7 Å². The van der Waals surface area contributed by atoms with Gasteiger partial charge in [0.15, 0.2) is 11.6 Å². The van der Waals surface area contributed by atoms with Gasteiger partial charge in [0.2, 0.25) is 0 Å². The number of benzene rings is 1. The Kier molecular flexibility index (Phi) is 6.63. The van der Waals surface area contributed by atoms with Gasteiger partial charge in [-0.1, -0.05) is 6.92 Å². The van der Waals surface area contributed by atoms with E-state index in [0.29, 0.717) is 25.1 Å². The molecule has 2 aromatic heterocycles. The first kappa shape index (κ1) is 23.8. The number of hydrogen-bond acceptors (Lipinski definition) is 4. The van der Waals surface area contributed by atoms with E-state index in [4.69, 9.17) is 0 Å². The van der Waals surface area contributed by atoms with Crippen molar-refractivity contribution in [2.45, 2.75) is 44.8 Å². The van der Waals surface area contributed by atoms with Gasteiger partial charge >= 0.3 is 6.18 Å². The fourth-order valence-electron chi connectivity index (χ4n) is 4.37. The van der Waals surface area contributed by atoms with Crippen molar-refractivity contribution in [1.29, 1.82) is 0 Å². The summed E-state index contributed by atoms with van der Waals surface area (Å²) in [6.07, 6.45) is 1.35. The lowest BCUT2D eigenvalue weighted by Crippen LogP contribution is -2.48. The molecule has 2 atom stereocenters. The summed E-state index contributed by atoms with van der Waals surface area (Å²) in [4.78, 5) is 19.9. The first-order chi connectivity index (χ1) is 16.2. The van der Waals surface area contributed by atoms with E-state index in [1.165, 1.54) is 24.5 Å². The first-order valence-electron chi connectivity index (χ1n) is 10.8. The van der Waals surface area contributed by atoms with Crippen LogP contribution in [0.3, 0.4) is 0 Å². The number of amides is 1. The number of likely N-dealkylation sites (tertiary alicyclic amines) is 1. The average molecular weight is 479 g/mol. The van der Waals surface area contributed by atoms with Crippen molar-refractivity contribution in [1.82, 2.24) is 24.9 Å². The predicted octanol–water partition coefficient (Wildman–Crippen LogP) is 4.83. The van der Waals surface area contributed by atoms with E-state index in [1.807, 2.05) is 6.92 Å². The molecule has 1 fully saturated rings. The molecule has 1 aliphatic heterocycles. The van der Waals surface area contributed by atoms with Gasteiger partial charge in [0.25, 0.3) is 5.91 Å². The van der Waals surface area contributed by atoms with Gasteiger partial charge in [0.05, 0.1) is 23.5 Å². The number of alkyl halides is 3. The zero-order valence-corrected chi connectivity index (χ0v) is 18.3. The topological polar surface area (TPSA) is 63.9 Å². The van der Waals surface area contributed by atoms with Crippen LogP contribution >= 0.6 is 0 Å². The quantitative estimate of drug-likeness (QED) is 0.492. The number of carbonyl (C=O) groups excluding carboxylic acids is 1. The normalized spacial score (nSPS) is 18.8. The van der Waals surface area contributed by atoms with Crippen LogP contribution in [0.15, 0.2) is 42.9 Å². The third-order valence-electron chi connectivity index (χ3n) is 6.14. The second-order valence-corrected chi connectivity index (χ2v) is 8.34.